The number of Topliss-reactive ketones (excluding diaryl/α,β-unsaturated/α-hetero) is 1. The zero-order chi connectivity index (χ0) is 15.1. The van der Waals surface area contributed by atoms with Crippen molar-refractivity contribution >= 4 is 11.8 Å². The number of ether oxygens (including phenoxy) is 2. The van der Waals surface area contributed by atoms with Crippen molar-refractivity contribution in [2.75, 3.05) is 13.7 Å². The van der Waals surface area contributed by atoms with Gasteiger partial charge in [0.25, 0.3) is 0 Å². The number of rotatable bonds is 6. The molecule has 0 N–H and O–H groups in total. The first-order valence-electron chi connectivity index (χ1n) is 7.44. The molecule has 0 bridgehead atoms. The lowest BCUT2D eigenvalue weighted by Gasteiger charge is -2.28. The van der Waals surface area contributed by atoms with Gasteiger partial charge in [-0.15, -0.1) is 0 Å². The van der Waals surface area contributed by atoms with Crippen molar-refractivity contribution in [3.63, 3.8) is 0 Å². The van der Waals surface area contributed by atoms with Crippen molar-refractivity contribution in [3.05, 3.63) is 35.9 Å². The Morgan fingerprint density at radius 1 is 1.29 bits per heavy atom. The SMILES string of the molecule is COC(=O)CC[C@H]1CO[C@H](CCc2ccccc2)CC1=O. The summed E-state index contributed by atoms with van der Waals surface area (Å²) in [6.07, 6.45) is 3.05. The van der Waals surface area contributed by atoms with Crippen LogP contribution < -0.4 is 0 Å². The number of aryl methyl sites for hydroxylation is 1. The molecular weight excluding hydrogens is 268 g/mol. The van der Waals surface area contributed by atoms with E-state index in [1.165, 1.54) is 12.7 Å². The second-order valence-corrected chi connectivity index (χ2v) is 5.46. The van der Waals surface area contributed by atoms with E-state index in [0.717, 1.165) is 12.8 Å². The van der Waals surface area contributed by atoms with Crippen LogP contribution in [0.2, 0.25) is 0 Å². The zero-order valence-electron chi connectivity index (χ0n) is 12.4. The molecule has 1 fully saturated rings. The summed E-state index contributed by atoms with van der Waals surface area (Å²) in [4.78, 5) is 23.2. The van der Waals surface area contributed by atoms with Gasteiger partial charge in [0.15, 0.2) is 0 Å². The number of hydrogen-bond acceptors (Lipinski definition) is 4. The predicted molar refractivity (Wildman–Crippen MR) is 78.9 cm³/mol. The average Bonchev–Trinajstić information content (AvgIpc) is 2.52. The van der Waals surface area contributed by atoms with Gasteiger partial charge in [0.05, 0.1) is 19.8 Å². The van der Waals surface area contributed by atoms with Gasteiger partial charge in [-0.05, 0) is 24.8 Å². The fourth-order valence-electron chi connectivity index (χ4n) is 2.59. The number of carbonyl (C=O) groups is 2. The molecule has 0 unspecified atom stereocenters. The van der Waals surface area contributed by atoms with Gasteiger partial charge in [-0.1, -0.05) is 30.3 Å². The molecule has 1 aliphatic heterocycles. The van der Waals surface area contributed by atoms with Crippen LogP contribution in [0.25, 0.3) is 0 Å². The summed E-state index contributed by atoms with van der Waals surface area (Å²) in [6.45, 7) is 0.426. The second-order valence-electron chi connectivity index (χ2n) is 5.46. The zero-order valence-corrected chi connectivity index (χ0v) is 12.4. The third-order valence-electron chi connectivity index (χ3n) is 3.94. The summed E-state index contributed by atoms with van der Waals surface area (Å²) in [5.41, 5.74) is 1.27. The van der Waals surface area contributed by atoms with Crippen LogP contribution in [0.4, 0.5) is 0 Å². The van der Waals surface area contributed by atoms with Crippen LogP contribution in [-0.4, -0.2) is 31.6 Å². The molecule has 0 amide bonds. The number of benzene rings is 1. The van der Waals surface area contributed by atoms with Gasteiger partial charge in [0, 0.05) is 18.8 Å². The van der Waals surface area contributed by atoms with Crippen LogP contribution in [0.3, 0.4) is 0 Å². The largest absolute Gasteiger partial charge is 0.469 e. The van der Waals surface area contributed by atoms with Crippen LogP contribution in [-0.2, 0) is 25.5 Å². The number of carbonyl (C=O) groups excluding carboxylic acids is 2. The number of ketones is 1. The Bertz CT molecular complexity index is 469. The molecule has 1 aliphatic rings. The van der Waals surface area contributed by atoms with E-state index < -0.39 is 0 Å². The van der Waals surface area contributed by atoms with Gasteiger partial charge in [-0.2, -0.15) is 0 Å². The van der Waals surface area contributed by atoms with Crippen molar-refractivity contribution in [1.82, 2.24) is 0 Å². The first-order chi connectivity index (χ1) is 10.2. The van der Waals surface area contributed by atoms with Crippen molar-refractivity contribution in [2.24, 2.45) is 5.92 Å². The Hall–Kier alpha value is -1.68. The maximum Gasteiger partial charge on any atom is 0.305 e. The molecule has 0 aliphatic carbocycles. The van der Waals surface area contributed by atoms with Gasteiger partial charge >= 0.3 is 5.97 Å². The number of methoxy groups -OCH3 is 1. The summed E-state index contributed by atoms with van der Waals surface area (Å²) in [5, 5.41) is 0. The van der Waals surface area contributed by atoms with E-state index in [-0.39, 0.29) is 30.2 Å². The van der Waals surface area contributed by atoms with Crippen LogP contribution >= 0.6 is 0 Å². The molecule has 0 saturated carbocycles. The lowest BCUT2D eigenvalue weighted by molar-refractivity contribution is -0.142. The summed E-state index contributed by atoms with van der Waals surface area (Å²) in [6, 6.07) is 10.2. The first-order valence-corrected chi connectivity index (χ1v) is 7.44. The molecule has 0 radical (unpaired) electrons. The fourth-order valence-corrected chi connectivity index (χ4v) is 2.59. The van der Waals surface area contributed by atoms with E-state index in [1.54, 1.807) is 0 Å². The highest BCUT2D eigenvalue weighted by atomic mass is 16.5. The fraction of sp³-hybridized carbons (Fsp3) is 0.529. The molecule has 1 aromatic carbocycles. The summed E-state index contributed by atoms with van der Waals surface area (Å²) in [7, 11) is 1.36. The monoisotopic (exact) mass is 290 g/mol. The molecule has 4 nitrogen and oxygen atoms in total. The van der Waals surface area contributed by atoms with Crippen LogP contribution in [0, 0.1) is 5.92 Å². The summed E-state index contributed by atoms with van der Waals surface area (Å²) >= 11 is 0. The molecule has 1 saturated heterocycles. The van der Waals surface area contributed by atoms with E-state index in [1.807, 2.05) is 18.2 Å². The van der Waals surface area contributed by atoms with Crippen molar-refractivity contribution in [1.29, 1.82) is 0 Å². The smallest absolute Gasteiger partial charge is 0.305 e. The number of esters is 1. The van der Waals surface area contributed by atoms with Gasteiger partial charge in [-0.25, -0.2) is 0 Å². The summed E-state index contributed by atoms with van der Waals surface area (Å²) < 4.78 is 10.4. The Morgan fingerprint density at radius 3 is 2.71 bits per heavy atom. The highest BCUT2D eigenvalue weighted by Crippen LogP contribution is 2.22. The highest BCUT2D eigenvalue weighted by molar-refractivity contribution is 5.82. The maximum atomic E-state index is 12.1. The second kappa shape index (κ2) is 7.93. The van der Waals surface area contributed by atoms with Crippen molar-refractivity contribution < 1.29 is 19.1 Å². The van der Waals surface area contributed by atoms with E-state index in [2.05, 4.69) is 16.9 Å². The topological polar surface area (TPSA) is 52.6 Å². The molecule has 4 heteroatoms. The Morgan fingerprint density at radius 2 is 2.05 bits per heavy atom. The molecule has 0 spiro atoms. The predicted octanol–water partition coefficient (Wildman–Crippen LogP) is 2.55. The molecule has 2 atom stereocenters. The molecule has 1 heterocycles. The standard InChI is InChI=1S/C17H22O4/c1-20-17(19)10-8-14-12-21-15(11-16(14)18)9-7-13-5-3-2-4-6-13/h2-6,14-15H,7-12H2,1H3/t14-,15+/m0/s1. The minimum absolute atomic E-state index is 0.00656. The Kier molecular flexibility index (Phi) is 5.93. The molecule has 114 valence electrons. The van der Waals surface area contributed by atoms with E-state index in [9.17, 15) is 9.59 Å². The minimum Gasteiger partial charge on any atom is -0.469 e. The normalized spacial score (nSPS) is 22.0. The van der Waals surface area contributed by atoms with Crippen molar-refractivity contribution in [3.8, 4) is 0 Å². The average molecular weight is 290 g/mol. The van der Waals surface area contributed by atoms with Gasteiger partial charge < -0.3 is 9.47 Å². The van der Waals surface area contributed by atoms with Gasteiger partial charge in [0.1, 0.15) is 5.78 Å². The number of hydrogen-bond donors (Lipinski definition) is 0. The first kappa shape index (κ1) is 15.7. The lowest BCUT2D eigenvalue weighted by Crippen LogP contribution is -2.34. The van der Waals surface area contributed by atoms with Crippen LogP contribution in [0.5, 0.6) is 0 Å². The molecule has 1 aromatic rings. The van der Waals surface area contributed by atoms with Crippen LogP contribution in [0.1, 0.15) is 31.2 Å². The van der Waals surface area contributed by atoms with Crippen molar-refractivity contribution in [2.45, 2.75) is 38.2 Å². The molecule has 21 heavy (non-hydrogen) atoms. The summed E-state index contributed by atoms with van der Waals surface area (Å²) in [5.74, 6) is -0.214. The highest BCUT2D eigenvalue weighted by Gasteiger charge is 2.29. The third-order valence-corrected chi connectivity index (χ3v) is 3.94. The quantitative estimate of drug-likeness (QED) is 0.756. The Balaban J connectivity index is 1.73. The van der Waals surface area contributed by atoms with Gasteiger partial charge in [-0.3, -0.25) is 9.59 Å². The van der Waals surface area contributed by atoms with Crippen LogP contribution in [0.15, 0.2) is 30.3 Å². The maximum absolute atomic E-state index is 12.1. The minimum atomic E-state index is -0.269. The van der Waals surface area contributed by atoms with E-state index in [4.69, 9.17) is 4.74 Å². The third kappa shape index (κ3) is 4.97. The molecule has 0 aromatic heterocycles. The van der Waals surface area contributed by atoms with Gasteiger partial charge in [0.2, 0.25) is 0 Å². The van der Waals surface area contributed by atoms with E-state index in [0.29, 0.717) is 19.4 Å². The molecule has 2 rings (SSSR count). The lowest BCUT2D eigenvalue weighted by atomic mass is 9.91. The Labute approximate surface area is 125 Å². The van der Waals surface area contributed by atoms with E-state index >= 15 is 0 Å². The molecular formula is C17H22O4.